The molecule has 0 aliphatic rings. The van der Waals surface area contributed by atoms with E-state index in [2.05, 4.69) is 11.4 Å². The SMILES string of the molecule is CC(NCc1ccc(C#N)cc1)c1ccc(O)cc1O. The number of nitrogens with one attached hydrogen (secondary N) is 1. The lowest BCUT2D eigenvalue weighted by atomic mass is 10.1. The third-order valence-corrected chi connectivity index (χ3v) is 3.18. The number of nitrogens with zero attached hydrogens (tertiary/aromatic N) is 1. The van der Waals surface area contributed by atoms with Gasteiger partial charge in [-0.25, -0.2) is 0 Å². The van der Waals surface area contributed by atoms with Gasteiger partial charge in [0.2, 0.25) is 0 Å². The Kier molecular flexibility index (Phi) is 4.24. The van der Waals surface area contributed by atoms with Crippen molar-refractivity contribution in [2.75, 3.05) is 0 Å². The number of aromatic hydroxyl groups is 2. The number of hydrogen-bond acceptors (Lipinski definition) is 4. The number of phenols is 2. The Balaban J connectivity index is 2.01. The molecule has 0 spiro atoms. The Bertz CT molecular complexity index is 630. The zero-order valence-electron chi connectivity index (χ0n) is 11.2. The summed E-state index contributed by atoms with van der Waals surface area (Å²) in [5.74, 6) is 0.121. The molecule has 3 N–H and O–H groups in total. The predicted molar refractivity (Wildman–Crippen MR) is 76.2 cm³/mol. The third kappa shape index (κ3) is 3.28. The van der Waals surface area contributed by atoms with E-state index in [1.807, 2.05) is 19.1 Å². The molecule has 1 atom stereocenters. The standard InChI is InChI=1S/C16H16N2O2/c1-11(15-7-6-14(19)8-16(15)20)18-10-13-4-2-12(9-17)3-5-13/h2-8,11,18-20H,10H2,1H3. The molecule has 2 aromatic carbocycles. The Morgan fingerprint density at radius 1 is 1.15 bits per heavy atom. The molecule has 102 valence electrons. The first-order chi connectivity index (χ1) is 9.60. The van der Waals surface area contributed by atoms with Gasteiger partial charge in [-0.15, -0.1) is 0 Å². The van der Waals surface area contributed by atoms with Gasteiger partial charge in [-0.05, 0) is 30.7 Å². The fraction of sp³-hybridized carbons (Fsp3) is 0.188. The topological polar surface area (TPSA) is 76.3 Å². The Hall–Kier alpha value is -2.51. The van der Waals surface area contributed by atoms with Gasteiger partial charge >= 0.3 is 0 Å². The molecule has 0 saturated carbocycles. The summed E-state index contributed by atoms with van der Waals surface area (Å²) in [5.41, 5.74) is 2.43. The average molecular weight is 268 g/mol. The maximum Gasteiger partial charge on any atom is 0.124 e. The Morgan fingerprint density at radius 3 is 2.45 bits per heavy atom. The van der Waals surface area contributed by atoms with Crippen molar-refractivity contribution in [2.24, 2.45) is 0 Å². The molecule has 0 aliphatic heterocycles. The molecular weight excluding hydrogens is 252 g/mol. The molecule has 0 saturated heterocycles. The maximum absolute atomic E-state index is 9.79. The van der Waals surface area contributed by atoms with E-state index >= 15 is 0 Å². The highest BCUT2D eigenvalue weighted by molar-refractivity contribution is 5.40. The zero-order chi connectivity index (χ0) is 14.5. The van der Waals surface area contributed by atoms with Crippen LogP contribution in [0.2, 0.25) is 0 Å². The number of nitriles is 1. The van der Waals surface area contributed by atoms with Crippen LogP contribution in [0.25, 0.3) is 0 Å². The number of benzene rings is 2. The largest absolute Gasteiger partial charge is 0.508 e. The van der Waals surface area contributed by atoms with Crippen molar-refractivity contribution >= 4 is 0 Å². The molecule has 0 amide bonds. The molecule has 4 nitrogen and oxygen atoms in total. The summed E-state index contributed by atoms with van der Waals surface area (Å²) in [6.45, 7) is 2.57. The van der Waals surface area contributed by atoms with Crippen molar-refractivity contribution < 1.29 is 10.2 Å². The van der Waals surface area contributed by atoms with Crippen molar-refractivity contribution in [2.45, 2.75) is 19.5 Å². The zero-order valence-corrected chi connectivity index (χ0v) is 11.2. The second-order valence-electron chi connectivity index (χ2n) is 4.65. The van der Waals surface area contributed by atoms with Crippen LogP contribution in [0.15, 0.2) is 42.5 Å². The van der Waals surface area contributed by atoms with Gasteiger partial charge in [-0.1, -0.05) is 18.2 Å². The average Bonchev–Trinajstić information content (AvgIpc) is 2.45. The summed E-state index contributed by atoms with van der Waals surface area (Å²) >= 11 is 0. The minimum Gasteiger partial charge on any atom is -0.508 e. The summed E-state index contributed by atoms with van der Waals surface area (Å²) in [7, 11) is 0. The van der Waals surface area contributed by atoms with Gasteiger partial charge in [-0.3, -0.25) is 0 Å². The highest BCUT2D eigenvalue weighted by Crippen LogP contribution is 2.27. The molecule has 0 heterocycles. The molecule has 4 heteroatoms. The van der Waals surface area contributed by atoms with Crippen LogP contribution in [0, 0.1) is 11.3 Å². The number of phenolic OH excluding ortho intramolecular Hbond substituents is 2. The van der Waals surface area contributed by atoms with Crippen molar-refractivity contribution in [1.29, 1.82) is 5.26 Å². The molecule has 0 bridgehead atoms. The van der Waals surface area contributed by atoms with Crippen molar-refractivity contribution in [3.05, 3.63) is 59.2 Å². The molecule has 0 radical (unpaired) electrons. The quantitative estimate of drug-likeness (QED) is 0.797. The summed E-state index contributed by atoms with van der Waals surface area (Å²) in [4.78, 5) is 0. The summed E-state index contributed by atoms with van der Waals surface area (Å²) < 4.78 is 0. The van der Waals surface area contributed by atoms with E-state index in [0.29, 0.717) is 12.1 Å². The van der Waals surface area contributed by atoms with Crippen LogP contribution >= 0.6 is 0 Å². The Morgan fingerprint density at radius 2 is 1.85 bits per heavy atom. The van der Waals surface area contributed by atoms with Gasteiger partial charge in [0.15, 0.2) is 0 Å². The lowest BCUT2D eigenvalue weighted by Crippen LogP contribution is -2.18. The molecule has 20 heavy (non-hydrogen) atoms. The maximum atomic E-state index is 9.79. The van der Waals surface area contributed by atoms with E-state index in [0.717, 1.165) is 11.1 Å². The van der Waals surface area contributed by atoms with Crippen LogP contribution < -0.4 is 5.32 Å². The van der Waals surface area contributed by atoms with Crippen molar-refractivity contribution in [3.8, 4) is 17.6 Å². The molecule has 0 aliphatic carbocycles. The summed E-state index contributed by atoms with van der Waals surface area (Å²) in [6, 6.07) is 14.0. The van der Waals surface area contributed by atoms with E-state index in [4.69, 9.17) is 5.26 Å². The van der Waals surface area contributed by atoms with Gasteiger partial charge in [0.25, 0.3) is 0 Å². The lowest BCUT2D eigenvalue weighted by molar-refractivity contribution is 0.436. The van der Waals surface area contributed by atoms with Crippen LogP contribution in [0.1, 0.15) is 29.7 Å². The van der Waals surface area contributed by atoms with E-state index < -0.39 is 0 Å². The molecule has 2 rings (SSSR count). The van der Waals surface area contributed by atoms with Gasteiger partial charge in [0.1, 0.15) is 11.5 Å². The second kappa shape index (κ2) is 6.09. The molecule has 0 aromatic heterocycles. The molecule has 2 aromatic rings. The highest BCUT2D eigenvalue weighted by atomic mass is 16.3. The lowest BCUT2D eigenvalue weighted by Gasteiger charge is -2.16. The Labute approximate surface area is 117 Å². The second-order valence-corrected chi connectivity index (χ2v) is 4.65. The molecule has 0 fully saturated rings. The third-order valence-electron chi connectivity index (χ3n) is 3.18. The van der Waals surface area contributed by atoms with Crippen molar-refractivity contribution in [1.82, 2.24) is 5.32 Å². The number of rotatable bonds is 4. The first kappa shape index (κ1) is 13.9. The first-order valence-electron chi connectivity index (χ1n) is 6.34. The number of hydrogen-bond donors (Lipinski definition) is 3. The monoisotopic (exact) mass is 268 g/mol. The summed E-state index contributed by atoms with van der Waals surface area (Å²) in [5, 5.41) is 31.1. The minimum absolute atomic E-state index is 0.0468. The van der Waals surface area contributed by atoms with Crippen molar-refractivity contribution in [3.63, 3.8) is 0 Å². The van der Waals surface area contributed by atoms with E-state index in [9.17, 15) is 10.2 Å². The van der Waals surface area contributed by atoms with Crippen LogP contribution in [0.4, 0.5) is 0 Å². The van der Waals surface area contributed by atoms with E-state index in [1.165, 1.54) is 6.07 Å². The van der Waals surface area contributed by atoms with Crippen LogP contribution in [0.5, 0.6) is 11.5 Å². The van der Waals surface area contributed by atoms with Crippen LogP contribution in [0.3, 0.4) is 0 Å². The van der Waals surface area contributed by atoms with Crippen LogP contribution in [-0.4, -0.2) is 10.2 Å². The highest BCUT2D eigenvalue weighted by Gasteiger charge is 2.10. The fourth-order valence-electron chi connectivity index (χ4n) is 1.98. The van der Waals surface area contributed by atoms with E-state index in [1.54, 1.807) is 24.3 Å². The van der Waals surface area contributed by atoms with Gasteiger partial charge in [-0.2, -0.15) is 5.26 Å². The fourth-order valence-corrected chi connectivity index (χ4v) is 1.98. The molecule has 1 unspecified atom stereocenters. The smallest absolute Gasteiger partial charge is 0.124 e. The molecular formula is C16H16N2O2. The minimum atomic E-state index is -0.0498. The normalized spacial score (nSPS) is 11.8. The van der Waals surface area contributed by atoms with E-state index in [-0.39, 0.29) is 17.5 Å². The van der Waals surface area contributed by atoms with Gasteiger partial charge < -0.3 is 15.5 Å². The predicted octanol–water partition coefficient (Wildman–Crippen LogP) is 2.82. The van der Waals surface area contributed by atoms with Gasteiger partial charge in [0.05, 0.1) is 11.6 Å². The van der Waals surface area contributed by atoms with Crippen LogP contribution in [-0.2, 0) is 6.54 Å². The first-order valence-corrected chi connectivity index (χ1v) is 6.34. The van der Waals surface area contributed by atoms with Gasteiger partial charge in [0, 0.05) is 24.2 Å². The summed E-state index contributed by atoms with van der Waals surface area (Å²) in [6.07, 6.45) is 0.